The van der Waals surface area contributed by atoms with Crippen molar-refractivity contribution in [3.8, 4) is 0 Å². The molecule has 3 heterocycles. The van der Waals surface area contributed by atoms with Crippen LogP contribution in [0.25, 0.3) is 10.9 Å². The van der Waals surface area contributed by atoms with E-state index in [-0.39, 0.29) is 5.56 Å². The summed E-state index contributed by atoms with van der Waals surface area (Å²) in [7, 11) is 3.78. The molecule has 0 saturated carbocycles. The van der Waals surface area contributed by atoms with Gasteiger partial charge in [0.1, 0.15) is 0 Å². The summed E-state index contributed by atoms with van der Waals surface area (Å²) in [5.74, 6) is 0.710. The van der Waals surface area contributed by atoms with Crippen molar-refractivity contribution < 1.29 is 4.74 Å². The van der Waals surface area contributed by atoms with Gasteiger partial charge in [-0.05, 0) is 19.5 Å². The van der Waals surface area contributed by atoms with Gasteiger partial charge in [0.15, 0.2) is 0 Å². The molecule has 2 aromatic heterocycles. The molecule has 0 unspecified atom stereocenters. The summed E-state index contributed by atoms with van der Waals surface area (Å²) in [4.78, 5) is 25.9. The Kier molecular flexibility index (Phi) is 4.88. The van der Waals surface area contributed by atoms with Crippen LogP contribution >= 0.6 is 0 Å². The molecule has 0 N–H and O–H groups in total. The number of anilines is 1. The second kappa shape index (κ2) is 7.06. The highest BCUT2D eigenvalue weighted by molar-refractivity contribution is 5.77. The highest BCUT2D eigenvalue weighted by Crippen LogP contribution is 2.14. The number of piperazine rings is 1. The fraction of sp³-hybridized carbons (Fsp3) is 0.562. The zero-order valence-electron chi connectivity index (χ0n) is 13.7. The number of likely N-dealkylation sites (N-methyl/N-ethyl adjacent to an activating group) is 1. The predicted octanol–water partition coefficient (Wildman–Crippen LogP) is 0.580. The normalized spacial score (nSPS) is 16.2. The Morgan fingerprint density at radius 3 is 2.78 bits per heavy atom. The van der Waals surface area contributed by atoms with Crippen LogP contribution in [-0.4, -0.2) is 66.4 Å². The van der Waals surface area contributed by atoms with Crippen molar-refractivity contribution in [2.75, 3.05) is 51.8 Å². The van der Waals surface area contributed by atoms with Gasteiger partial charge in [0.05, 0.1) is 10.9 Å². The fourth-order valence-corrected chi connectivity index (χ4v) is 2.77. The topological polar surface area (TPSA) is 63.5 Å². The molecule has 2 aromatic rings. The lowest BCUT2D eigenvalue weighted by Gasteiger charge is -2.32. The molecule has 0 bridgehead atoms. The Morgan fingerprint density at radius 2 is 2.04 bits per heavy atom. The highest BCUT2D eigenvalue weighted by atomic mass is 16.5. The largest absolute Gasteiger partial charge is 0.385 e. The van der Waals surface area contributed by atoms with Crippen LogP contribution in [0.15, 0.2) is 23.3 Å². The molecule has 23 heavy (non-hydrogen) atoms. The van der Waals surface area contributed by atoms with E-state index >= 15 is 0 Å². The Morgan fingerprint density at radius 1 is 1.26 bits per heavy atom. The van der Waals surface area contributed by atoms with E-state index in [0.717, 1.165) is 32.6 Å². The first-order valence-corrected chi connectivity index (χ1v) is 7.97. The van der Waals surface area contributed by atoms with Gasteiger partial charge in [0.2, 0.25) is 5.95 Å². The average Bonchev–Trinajstić information content (AvgIpc) is 2.57. The maximum Gasteiger partial charge on any atom is 0.261 e. The molecule has 1 aliphatic rings. The number of fused-ring (bicyclic) bond motifs is 1. The number of methoxy groups -OCH3 is 1. The minimum absolute atomic E-state index is 0.0384. The lowest BCUT2D eigenvalue weighted by atomic mass is 10.3. The number of aromatic nitrogens is 3. The molecular formula is C16H23N5O2. The Hall–Kier alpha value is -1.99. The second-order valence-corrected chi connectivity index (χ2v) is 5.92. The highest BCUT2D eigenvalue weighted by Gasteiger charge is 2.17. The van der Waals surface area contributed by atoms with Crippen molar-refractivity contribution in [3.05, 3.63) is 28.8 Å². The Balaban J connectivity index is 1.83. The molecule has 0 atom stereocenters. The van der Waals surface area contributed by atoms with E-state index in [1.54, 1.807) is 24.1 Å². The summed E-state index contributed by atoms with van der Waals surface area (Å²) in [5, 5.41) is 0.572. The molecule has 0 spiro atoms. The zero-order valence-corrected chi connectivity index (χ0v) is 13.7. The van der Waals surface area contributed by atoms with Crippen LogP contribution in [0.3, 0.4) is 0 Å². The van der Waals surface area contributed by atoms with Gasteiger partial charge in [0, 0.05) is 58.8 Å². The maximum atomic E-state index is 12.5. The molecule has 0 aliphatic carbocycles. The van der Waals surface area contributed by atoms with E-state index in [1.165, 1.54) is 0 Å². The van der Waals surface area contributed by atoms with E-state index in [2.05, 4.69) is 26.8 Å². The number of ether oxygens (including phenoxy) is 1. The lowest BCUT2D eigenvalue weighted by molar-refractivity contribution is 0.190. The number of rotatable bonds is 5. The third-order valence-corrected chi connectivity index (χ3v) is 4.24. The quantitative estimate of drug-likeness (QED) is 0.752. The molecule has 0 amide bonds. The number of hydrogen-bond acceptors (Lipinski definition) is 6. The van der Waals surface area contributed by atoms with Crippen molar-refractivity contribution in [1.82, 2.24) is 19.4 Å². The number of aryl methyl sites for hydroxylation is 1. The van der Waals surface area contributed by atoms with E-state index in [1.807, 2.05) is 6.07 Å². The predicted molar refractivity (Wildman–Crippen MR) is 90.0 cm³/mol. The lowest BCUT2D eigenvalue weighted by Crippen LogP contribution is -2.45. The Labute approximate surface area is 135 Å². The van der Waals surface area contributed by atoms with E-state index in [9.17, 15) is 4.79 Å². The summed E-state index contributed by atoms with van der Waals surface area (Å²) in [6, 6.07) is 1.89. The summed E-state index contributed by atoms with van der Waals surface area (Å²) in [6.45, 7) is 5.11. The van der Waals surface area contributed by atoms with Crippen molar-refractivity contribution in [2.45, 2.75) is 13.0 Å². The van der Waals surface area contributed by atoms with Gasteiger partial charge in [-0.3, -0.25) is 4.79 Å². The maximum absolute atomic E-state index is 12.5. The van der Waals surface area contributed by atoms with Crippen molar-refractivity contribution in [1.29, 1.82) is 0 Å². The van der Waals surface area contributed by atoms with E-state index in [4.69, 9.17) is 4.74 Å². The first-order valence-electron chi connectivity index (χ1n) is 7.97. The first-order chi connectivity index (χ1) is 11.2. The van der Waals surface area contributed by atoms with Gasteiger partial charge in [-0.25, -0.2) is 9.97 Å². The van der Waals surface area contributed by atoms with Crippen LogP contribution in [0.4, 0.5) is 5.95 Å². The second-order valence-electron chi connectivity index (χ2n) is 5.92. The molecule has 7 nitrogen and oxygen atoms in total. The van der Waals surface area contributed by atoms with E-state index < -0.39 is 0 Å². The minimum Gasteiger partial charge on any atom is -0.385 e. The number of hydrogen-bond donors (Lipinski definition) is 0. The van der Waals surface area contributed by atoms with Crippen LogP contribution in [0.1, 0.15) is 6.42 Å². The SMILES string of the molecule is COCCCn1ccc2nc(N3CCN(C)CC3)ncc2c1=O. The van der Waals surface area contributed by atoms with Crippen LogP contribution < -0.4 is 10.5 Å². The van der Waals surface area contributed by atoms with Crippen LogP contribution in [0, 0.1) is 0 Å². The van der Waals surface area contributed by atoms with Crippen LogP contribution in [-0.2, 0) is 11.3 Å². The van der Waals surface area contributed by atoms with Gasteiger partial charge in [0.25, 0.3) is 5.56 Å². The van der Waals surface area contributed by atoms with Gasteiger partial charge >= 0.3 is 0 Å². The third-order valence-electron chi connectivity index (χ3n) is 4.24. The summed E-state index contributed by atoms with van der Waals surface area (Å²) in [6.07, 6.45) is 4.27. The zero-order chi connectivity index (χ0) is 16.2. The van der Waals surface area contributed by atoms with Crippen molar-refractivity contribution in [2.24, 2.45) is 0 Å². The first kappa shape index (κ1) is 15.9. The van der Waals surface area contributed by atoms with Crippen molar-refractivity contribution >= 4 is 16.9 Å². The molecular weight excluding hydrogens is 294 g/mol. The molecule has 1 aliphatic heterocycles. The molecule has 7 heteroatoms. The fourth-order valence-electron chi connectivity index (χ4n) is 2.77. The van der Waals surface area contributed by atoms with Gasteiger partial charge < -0.3 is 19.1 Å². The number of nitrogens with zero attached hydrogens (tertiary/aromatic N) is 5. The van der Waals surface area contributed by atoms with E-state index in [0.29, 0.717) is 30.0 Å². The third kappa shape index (κ3) is 3.51. The standard InChI is InChI=1S/C16H23N5O2/c1-19-7-9-21(10-8-19)16-17-12-13-14(18-16)4-6-20(15(13)22)5-3-11-23-2/h4,6,12H,3,5,7-11H2,1-2H3. The summed E-state index contributed by atoms with van der Waals surface area (Å²) in [5.41, 5.74) is 0.672. The Bertz CT molecular complexity index is 722. The smallest absolute Gasteiger partial charge is 0.261 e. The van der Waals surface area contributed by atoms with Crippen LogP contribution in [0.5, 0.6) is 0 Å². The monoisotopic (exact) mass is 317 g/mol. The molecule has 3 rings (SSSR count). The average molecular weight is 317 g/mol. The number of pyridine rings is 1. The minimum atomic E-state index is -0.0384. The summed E-state index contributed by atoms with van der Waals surface area (Å²) < 4.78 is 6.73. The van der Waals surface area contributed by atoms with Crippen molar-refractivity contribution in [3.63, 3.8) is 0 Å². The molecule has 1 saturated heterocycles. The van der Waals surface area contributed by atoms with Gasteiger partial charge in [-0.1, -0.05) is 0 Å². The van der Waals surface area contributed by atoms with Gasteiger partial charge in [-0.2, -0.15) is 0 Å². The van der Waals surface area contributed by atoms with Crippen LogP contribution in [0.2, 0.25) is 0 Å². The molecule has 0 aromatic carbocycles. The molecule has 124 valence electrons. The summed E-state index contributed by atoms with van der Waals surface area (Å²) >= 11 is 0. The molecule has 0 radical (unpaired) electrons. The van der Waals surface area contributed by atoms with Gasteiger partial charge in [-0.15, -0.1) is 0 Å². The molecule has 1 fully saturated rings.